The van der Waals surface area contributed by atoms with Gasteiger partial charge >= 0.3 is 0 Å². The van der Waals surface area contributed by atoms with E-state index in [1.54, 1.807) is 18.2 Å². The first kappa shape index (κ1) is 12.8. The number of hydrogen-bond donors (Lipinski definition) is 2. The van der Waals surface area contributed by atoms with Gasteiger partial charge in [0.1, 0.15) is 5.82 Å². The molecule has 0 heterocycles. The molecule has 2 aromatic rings. The number of hydrogen-bond acceptors (Lipinski definition) is 4. The molecule has 5 nitrogen and oxygen atoms in total. The highest BCUT2D eigenvalue weighted by atomic mass is 19.1. The Kier molecular flexibility index (Phi) is 3.61. The molecule has 0 aliphatic heterocycles. The molecule has 6 heteroatoms. The van der Waals surface area contributed by atoms with E-state index in [4.69, 9.17) is 5.73 Å². The zero-order chi connectivity index (χ0) is 13.8. The number of benzene rings is 2. The van der Waals surface area contributed by atoms with Gasteiger partial charge in [-0.15, -0.1) is 0 Å². The van der Waals surface area contributed by atoms with Crippen molar-refractivity contribution in [3.8, 4) is 0 Å². The van der Waals surface area contributed by atoms with Crippen LogP contribution in [0.5, 0.6) is 0 Å². The molecule has 0 aromatic heterocycles. The van der Waals surface area contributed by atoms with Gasteiger partial charge in [-0.3, -0.25) is 10.1 Å². The second-order valence-electron chi connectivity index (χ2n) is 4.05. The highest BCUT2D eigenvalue weighted by Crippen LogP contribution is 2.22. The maximum absolute atomic E-state index is 12.7. The van der Waals surface area contributed by atoms with Gasteiger partial charge in [-0.25, -0.2) is 4.39 Å². The fourth-order valence-electron chi connectivity index (χ4n) is 1.65. The van der Waals surface area contributed by atoms with E-state index in [2.05, 4.69) is 5.32 Å². The smallest absolute Gasteiger partial charge is 0.273 e. The van der Waals surface area contributed by atoms with E-state index in [-0.39, 0.29) is 11.5 Å². The Hall–Kier alpha value is -2.63. The SMILES string of the molecule is Nc1cc(NCc2ccc(F)cc2)cc([N+](=O)[O-])c1. The summed E-state index contributed by atoms with van der Waals surface area (Å²) in [6.07, 6.45) is 0. The molecule has 0 aliphatic rings. The lowest BCUT2D eigenvalue weighted by molar-refractivity contribution is -0.384. The summed E-state index contributed by atoms with van der Waals surface area (Å²) in [7, 11) is 0. The summed E-state index contributed by atoms with van der Waals surface area (Å²) in [6, 6.07) is 10.3. The molecule has 0 spiro atoms. The standard InChI is InChI=1S/C13H12FN3O2/c14-10-3-1-9(2-4-10)8-16-12-5-11(15)6-13(7-12)17(18)19/h1-7,16H,8,15H2. The van der Waals surface area contributed by atoms with Gasteiger partial charge in [-0.1, -0.05) is 12.1 Å². The maximum Gasteiger partial charge on any atom is 0.273 e. The Labute approximate surface area is 109 Å². The van der Waals surface area contributed by atoms with Crippen LogP contribution in [0.2, 0.25) is 0 Å². The lowest BCUT2D eigenvalue weighted by atomic mass is 10.2. The topological polar surface area (TPSA) is 81.2 Å². The molecule has 0 bridgehead atoms. The molecule has 3 N–H and O–H groups in total. The van der Waals surface area contributed by atoms with Crippen LogP contribution in [0, 0.1) is 15.9 Å². The van der Waals surface area contributed by atoms with Crippen LogP contribution in [-0.2, 0) is 6.54 Å². The first-order valence-electron chi connectivity index (χ1n) is 5.58. The average Bonchev–Trinajstić information content (AvgIpc) is 2.37. The monoisotopic (exact) mass is 261 g/mol. The van der Waals surface area contributed by atoms with Gasteiger partial charge in [0.2, 0.25) is 0 Å². The summed E-state index contributed by atoms with van der Waals surface area (Å²) < 4.78 is 12.7. The molecule has 98 valence electrons. The Morgan fingerprint density at radius 3 is 2.53 bits per heavy atom. The van der Waals surface area contributed by atoms with E-state index < -0.39 is 4.92 Å². The van der Waals surface area contributed by atoms with Crippen LogP contribution in [0.25, 0.3) is 0 Å². The van der Waals surface area contributed by atoms with Crippen LogP contribution >= 0.6 is 0 Å². The van der Waals surface area contributed by atoms with Gasteiger partial charge in [0.05, 0.1) is 4.92 Å². The molecule has 0 amide bonds. The third-order valence-corrected chi connectivity index (χ3v) is 2.56. The zero-order valence-electron chi connectivity index (χ0n) is 9.97. The zero-order valence-corrected chi connectivity index (χ0v) is 9.97. The molecule has 19 heavy (non-hydrogen) atoms. The lowest BCUT2D eigenvalue weighted by Gasteiger charge is -2.07. The summed E-state index contributed by atoms with van der Waals surface area (Å²) in [4.78, 5) is 10.2. The van der Waals surface area contributed by atoms with Crippen molar-refractivity contribution >= 4 is 17.1 Å². The molecule has 2 rings (SSSR count). The van der Waals surface area contributed by atoms with E-state index in [9.17, 15) is 14.5 Å². The number of non-ortho nitro benzene ring substituents is 1. The van der Waals surface area contributed by atoms with E-state index in [0.717, 1.165) is 5.56 Å². The molecule has 0 atom stereocenters. The van der Waals surface area contributed by atoms with Gasteiger partial charge in [0, 0.05) is 30.1 Å². The van der Waals surface area contributed by atoms with Crippen molar-refractivity contribution in [2.75, 3.05) is 11.1 Å². The minimum absolute atomic E-state index is 0.0680. The van der Waals surface area contributed by atoms with Crippen LogP contribution in [-0.4, -0.2) is 4.92 Å². The Morgan fingerprint density at radius 2 is 1.89 bits per heavy atom. The number of nitro benzene ring substituents is 1. The normalized spacial score (nSPS) is 10.2. The second kappa shape index (κ2) is 5.34. The number of halogens is 1. The highest BCUT2D eigenvalue weighted by molar-refractivity contribution is 5.61. The first-order chi connectivity index (χ1) is 9.04. The minimum atomic E-state index is -0.501. The fraction of sp³-hybridized carbons (Fsp3) is 0.0769. The highest BCUT2D eigenvalue weighted by Gasteiger charge is 2.08. The van der Waals surface area contributed by atoms with Crippen molar-refractivity contribution in [2.24, 2.45) is 0 Å². The fourth-order valence-corrected chi connectivity index (χ4v) is 1.65. The third-order valence-electron chi connectivity index (χ3n) is 2.56. The van der Waals surface area contributed by atoms with Gasteiger partial charge in [-0.2, -0.15) is 0 Å². The van der Waals surface area contributed by atoms with Gasteiger partial charge in [0.25, 0.3) is 5.69 Å². The Bertz CT molecular complexity index is 599. The molecule has 0 radical (unpaired) electrons. The van der Waals surface area contributed by atoms with Crippen molar-refractivity contribution in [3.05, 3.63) is 64.0 Å². The van der Waals surface area contributed by atoms with Crippen LogP contribution in [0.4, 0.5) is 21.5 Å². The third kappa shape index (κ3) is 3.41. The van der Waals surface area contributed by atoms with Crippen molar-refractivity contribution in [2.45, 2.75) is 6.54 Å². The summed E-state index contributed by atoms with van der Waals surface area (Å²) >= 11 is 0. The van der Waals surface area contributed by atoms with E-state index in [0.29, 0.717) is 17.9 Å². The maximum atomic E-state index is 12.7. The Balaban J connectivity index is 2.11. The molecule has 0 unspecified atom stereocenters. The number of nitrogen functional groups attached to an aromatic ring is 1. The molecule has 0 saturated carbocycles. The van der Waals surface area contributed by atoms with E-state index >= 15 is 0 Å². The van der Waals surface area contributed by atoms with E-state index in [1.165, 1.54) is 24.3 Å². The predicted molar refractivity (Wildman–Crippen MR) is 71.2 cm³/mol. The molecular weight excluding hydrogens is 249 g/mol. The Morgan fingerprint density at radius 1 is 1.21 bits per heavy atom. The van der Waals surface area contributed by atoms with Crippen LogP contribution in [0.1, 0.15) is 5.56 Å². The summed E-state index contributed by atoms with van der Waals surface area (Å²) in [5.41, 5.74) is 7.26. The van der Waals surface area contributed by atoms with Gasteiger partial charge in [-0.05, 0) is 23.8 Å². The number of rotatable bonds is 4. The van der Waals surface area contributed by atoms with Crippen LogP contribution in [0.3, 0.4) is 0 Å². The van der Waals surface area contributed by atoms with Crippen molar-refractivity contribution in [1.82, 2.24) is 0 Å². The number of nitrogens with zero attached hydrogens (tertiary/aromatic N) is 1. The van der Waals surface area contributed by atoms with Crippen LogP contribution < -0.4 is 11.1 Å². The van der Waals surface area contributed by atoms with Crippen molar-refractivity contribution in [3.63, 3.8) is 0 Å². The van der Waals surface area contributed by atoms with Gasteiger partial charge in [0.15, 0.2) is 0 Å². The molecular formula is C13H12FN3O2. The largest absolute Gasteiger partial charge is 0.398 e. The average molecular weight is 261 g/mol. The lowest BCUT2D eigenvalue weighted by Crippen LogP contribution is -2.01. The number of nitrogens with one attached hydrogen (secondary N) is 1. The summed E-state index contributed by atoms with van der Waals surface area (Å²) in [6.45, 7) is 0.431. The van der Waals surface area contributed by atoms with E-state index in [1.807, 2.05) is 0 Å². The van der Waals surface area contributed by atoms with Crippen LogP contribution in [0.15, 0.2) is 42.5 Å². The second-order valence-corrected chi connectivity index (χ2v) is 4.05. The van der Waals surface area contributed by atoms with Crippen molar-refractivity contribution in [1.29, 1.82) is 0 Å². The molecule has 0 aliphatic carbocycles. The predicted octanol–water partition coefficient (Wildman–Crippen LogP) is 2.93. The summed E-state index contributed by atoms with van der Waals surface area (Å²) in [5.74, 6) is -0.302. The number of nitrogens with two attached hydrogens (primary N) is 1. The quantitative estimate of drug-likeness (QED) is 0.503. The number of anilines is 2. The first-order valence-corrected chi connectivity index (χ1v) is 5.58. The molecule has 0 saturated heterocycles. The van der Waals surface area contributed by atoms with Crippen molar-refractivity contribution < 1.29 is 9.31 Å². The number of nitro groups is 1. The minimum Gasteiger partial charge on any atom is -0.398 e. The molecule has 2 aromatic carbocycles. The summed E-state index contributed by atoms with van der Waals surface area (Å²) in [5, 5.41) is 13.7. The van der Waals surface area contributed by atoms with Gasteiger partial charge < -0.3 is 11.1 Å². The molecule has 0 fully saturated rings.